The van der Waals surface area contributed by atoms with Crippen molar-refractivity contribution >= 4 is 83.8 Å². The molecule has 5 aliphatic heterocycles. The van der Waals surface area contributed by atoms with Crippen LogP contribution in [0.4, 0.5) is 3.89 Å². The van der Waals surface area contributed by atoms with E-state index in [1.807, 2.05) is 37.3 Å². The third kappa shape index (κ3) is 24.9. The summed E-state index contributed by atoms with van der Waals surface area (Å²) in [7, 11) is 0. The van der Waals surface area contributed by atoms with E-state index in [0.29, 0.717) is 124 Å². The van der Waals surface area contributed by atoms with Crippen LogP contribution in [0.25, 0.3) is 5.57 Å². The molecule has 0 bridgehead atoms. The van der Waals surface area contributed by atoms with E-state index in [1.165, 1.54) is 29.8 Å². The summed E-state index contributed by atoms with van der Waals surface area (Å²) in [4.78, 5) is 27.8. The number of nitrogens with two attached hydrogens (primary N) is 1. The predicted octanol–water partition coefficient (Wildman–Crippen LogP) is 14.6. The van der Waals surface area contributed by atoms with Gasteiger partial charge in [0.15, 0.2) is 28.7 Å². The maximum atomic E-state index is 10.2. The molecule has 85 heavy (non-hydrogen) atoms. The highest BCUT2D eigenvalue weighted by Crippen LogP contribution is 2.39. The molecule has 25 heteroatoms. The summed E-state index contributed by atoms with van der Waals surface area (Å²) < 4.78 is 65.8. The van der Waals surface area contributed by atoms with Crippen molar-refractivity contribution in [2.45, 2.75) is 98.8 Å². The minimum atomic E-state index is 0. The molecule has 468 valence electrons. The zero-order valence-electron chi connectivity index (χ0n) is 49.9. The van der Waals surface area contributed by atoms with E-state index in [4.69, 9.17) is 76.3 Å². The Balaban J connectivity index is 0.000000340. The lowest BCUT2D eigenvalue weighted by Crippen LogP contribution is -2.19. The van der Waals surface area contributed by atoms with Gasteiger partial charge >= 0.3 is 0 Å². The van der Waals surface area contributed by atoms with Crippen LogP contribution in [-0.4, -0.2) is 114 Å². The summed E-state index contributed by atoms with van der Waals surface area (Å²) in [6.07, 6.45) is 15.6. The van der Waals surface area contributed by atoms with Gasteiger partial charge in [-0.2, -0.15) is 30.9 Å². The monoisotopic (exact) mass is 1340 g/mol. The van der Waals surface area contributed by atoms with Gasteiger partial charge in [0.2, 0.25) is 0 Å². The van der Waals surface area contributed by atoms with Crippen LogP contribution in [-0.2, 0) is 0 Å². The van der Waals surface area contributed by atoms with E-state index < -0.39 is 0 Å². The maximum absolute atomic E-state index is 10.2. The van der Waals surface area contributed by atoms with Crippen LogP contribution in [0.2, 0.25) is 10.3 Å². The number of rotatable bonds is 9. The number of hydrogen-bond donors (Lipinski definition) is 1. The number of allylic oxidation sites excluding steroid dienone is 2. The smallest absolute Gasteiger partial charge is 0.257 e. The van der Waals surface area contributed by atoms with Crippen molar-refractivity contribution < 1.29 is 51.3 Å². The standard InChI is InChI=1S/2C11H15NO2.C11H13NO2.C10H14N2O2.C8H9NO2.C4H7Br.C4H2Cl2N2.CH3FS.2H2S/c3*1-3-8(2)9-4-5-12-11-10(9)13-6-7-14-11;1-7(6-11)8-2-3-12-10-9(8)13-4-5-14-10;1-6-2-3-9-8-7(6)10-4-5-11-8;1-3-4(2)5;5-3-1-4(6)8-2-7-3;1-3-2;;/h2*4-5,8H,3,6-7H2,1-2H3;4-5H,2-3,6-7H2,1H3;2-3,7H,4-6,11H2,1H3;2-3H,4-5H2,1H3;2-3H2,1H3;1-2H;1H3;2*1H2/t8-;;;7-;;;;;;/m1..1....../s1. The Kier molecular flexibility index (Phi) is 37.4. The summed E-state index contributed by atoms with van der Waals surface area (Å²) in [6.45, 7) is 31.0. The van der Waals surface area contributed by atoms with Gasteiger partial charge in [0.1, 0.15) is 82.7 Å². The van der Waals surface area contributed by atoms with E-state index >= 15 is 0 Å². The number of fused-ring (bicyclic) bond motifs is 5. The Morgan fingerprint density at radius 3 is 1.15 bits per heavy atom. The van der Waals surface area contributed by atoms with Gasteiger partial charge in [-0.25, -0.2) is 34.9 Å². The number of pyridine rings is 5. The molecule has 0 spiro atoms. The third-order valence-electron chi connectivity index (χ3n) is 12.5. The molecule has 0 fully saturated rings. The number of nitrogens with zero attached hydrogens (tertiary/aromatic N) is 7. The second-order valence-corrected chi connectivity index (χ2v) is 20.4. The molecule has 0 saturated carbocycles. The van der Waals surface area contributed by atoms with E-state index in [2.05, 4.69) is 112 Å². The Morgan fingerprint density at radius 1 is 0.529 bits per heavy atom. The van der Waals surface area contributed by atoms with Gasteiger partial charge in [0.05, 0.1) is 0 Å². The van der Waals surface area contributed by atoms with Crippen molar-refractivity contribution in [3.05, 3.63) is 129 Å². The van der Waals surface area contributed by atoms with Crippen LogP contribution >= 0.6 is 78.3 Å². The maximum Gasteiger partial charge on any atom is 0.257 e. The van der Waals surface area contributed by atoms with Crippen molar-refractivity contribution in [3.63, 3.8) is 0 Å². The molecular weight excluding hydrogens is 1260 g/mol. The van der Waals surface area contributed by atoms with E-state index in [1.54, 1.807) is 31.0 Å². The molecule has 0 saturated heterocycles. The molecule has 2 N–H and O–H groups in total. The molecule has 18 nitrogen and oxygen atoms in total. The molecule has 5 aliphatic rings. The fourth-order valence-corrected chi connectivity index (χ4v) is 7.81. The summed E-state index contributed by atoms with van der Waals surface area (Å²) in [5, 5.41) is 0.731. The summed E-state index contributed by atoms with van der Waals surface area (Å²) in [6, 6.07) is 11.3. The lowest BCUT2D eigenvalue weighted by Gasteiger charge is -2.21. The zero-order chi connectivity index (χ0) is 60.5. The Labute approximate surface area is 537 Å². The highest BCUT2D eigenvalue weighted by atomic mass is 79.9. The molecule has 1 unspecified atom stereocenters. The minimum Gasteiger partial charge on any atom is -0.484 e. The van der Waals surface area contributed by atoms with Crippen molar-refractivity contribution in [2.24, 2.45) is 5.73 Å². The molecule has 0 aromatic carbocycles. The molecule has 11 heterocycles. The largest absolute Gasteiger partial charge is 0.484 e. The molecule has 0 aliphatic carbocycles. The fraction of sp³-hybridized carbons (Fsp3) is 0.450. The average molecular weight is 1340 g/mol. The molecule has 6 aromatic rings. The first-order chi connectivity index (χ1) is 40.2. The second kappa shape index (κ2) is 42.2. The molecule has 0 radical (unpaired) electrons. The van der Waals surface area contributed by atoms with Gasteiger partial charge in [-0.15, -0.1) is 0 Å². The SMILES string of the molecule is C=C(Br)CC.C=C(CC)c1ccnc2c1OCCO2.CCC(C)c1ccnc2c1OCCO2.CC[C@@H](C)c1ccnc2c1OCCO2.CSF.C[C@H](CN)c1ccnc2c1OCCO2.Cc1ccnc2c1OCCO2.Clc1cc(Cl)ncn1.S.S. The summed E-state index contributed by atoms with van der Waals surface area (Å²) >= 11 is 14.2. The van der Waals surface area contributed by atoms with E-state index in [0.717, 1.165) is 81.2 Å². The molecule has 6 aromatic heterocycles. The van der Waals surface area contributed by atoms with Gasteiger partial charge in [-0.05, 0) is 103 Å². The topological polar surface area (TPSA) is 209 Å². The normalized spacial score (nSPS) is 13.8. The molecule has 11 rings (SSSR count). The first kappa shape index (κ1) is 75.4. The van der Waals surface area contributed by atoms with E-state index in [9.17, 15) is 3.89 Å². The van der Waals surface area contributed by atoms with Crippen LogP contribution < -0.4 is 53.1 Å². The Morgan fingerprint density at radius 2 is 0.835 bits per heavy atom. The second-order valence-electron chi connectivity index (χ2n) is 18.2. The van der Waals surface area contributed by atoms with Crippen molar-refractivity contribution in [3.8, 4) is 58.1 Å². The van der Waals surface area contributed by atoms with Crippen LogP contribution in [0.3, 0.4) is 0 Å². The van der Waals surface area contributed by atoms with Crippen molar-refractivity contribution in [1.29, 1.82) is 0 Å². The van der Waals surface area contributed by atoms with Crippen molar-refractivity contribution in [2.75, 3.05) is 78.9 Å². The first-order valence-electron chi connectivity index (χ1n) is 27.3. The van der Waals surface area contributed by atoms with Gasteiger partial charge < -0.3 is 53.1 Å². The number of halogens is 4. The number of aryl methyl sites for hydroxylation is 1. The van der Waals surface area contributed by atoms with E-state index in [-0.39, 0.29) is 45.1 Å². The van der Waals surface area contributed by atoms with Crippen LogP contribution in [0.5, 0.6) is 58.1 Å². The number of aromatic nitrogens is 7. The molecular formula is C60H82BrCl2FN8O10S3. The Hall–Kier alpha value is -5.69. The van der Waals surface area contributed by atoms with Gasteiger partial charge in [0, 0.05) is 77.7 Å². The quantitative estimate of drug-likeness (QED) is 0.133. The minimum absolute atomic E-state index is 0. The predicted molar refractivity (Wildman–Crippen MR) is 351 cm³/mol. The van der Waals surface area contributed by atoms with Crippen LogP contribution in [0.15, 0.2) is 91.3 Å². The fourth-order valence-electron chi connectivity index (χ4n) is 7.46. The number of ether oxygens (including phenoxy) is 10. The average Bonchev–Trinajstić information content (AvgIpc) is 3.73. The van der Waals surface area contributed by atoms with Crippen LogP contribution in [0.1, 0.15) is 120 Å². The Bertz CT molecular complexity index is 2760. The number of hydrogen-bond acceptors (Lipinski definition) is 19. The van der Waals surface area contributed by atoms with Gasteiger partial charge in [-0.3, -0.25) is 0 Å². The summed E-state index contributed by atoms with van der Waals surface area (Å²) in [5.74, 6) is 8.33. The lowest BCUT2D eigenvalue weighted by molar-refractivity contribution is 0.162. The van der Waals surface area contributed by atoms with Crippen LogP contribution in [0, 0.1) is 6.92 Å². The first-order valence-corrected chi connectivity index (χ1v) is 30.0. The van der Waals surface area contributed by atoms with Gasteiger partial charge in [-0.1, -0.05) is 101 Å². The lowest BCUT2D eigenvalue weighted by atomic mass is 9.99. The molecule has 0 amide bonds. The summed E-state index contributed by atoms with van der Waals surface area (Å²) in [5.41, 5.74) is 12.3. The third-order valence-corrected chi connectivity index (χ3v) is 13.4. The highest BCUT2D eigenvalue weighted by Gasteiger charge is 2.23. The van der Waals surface area contributed by atoms with Gasteiger partial charge in [0.25, 0.3) is 29.4 Å². The van der Waals surface area contributed by atoms with Crippen molar-refractivity contribution in [1.82, 2.24) is 34.9 Å². The zero-order valence-corrected chi connectivity index (χ0v) is 55.8. The highest BCUT2D eigenvalue weighted by molar-refractivity contribution is 9.11. The molecule has 3 atom stereocenters.